The van der Waals surface area contributed by atoms with E-state index in [-0.39, 0.29) is 0 Å². The van der Waals surface area contributed by atoms with Gasteiger partial charge < -0.3 is 10.2 Å². The fraction of sp³-hybridized carbons (Fsp3) is 0.471. The van der Waals surface area contributed by atoms with Crippen LogP contribution >= 0.6 is 0 Å². The van der Waals surface area contributed by atoms with E-state index >= 15 is 0 Å². The van der Waals surface area contributed by atoms with Crippen LogP contribution in [-0.4, -0.2) is 35.6 Å². The Kier molecular flexibility index (Phi) is 3.17. The van der Waals surface area contributed by atoms with Crippen LogP contribution in [0.5, 0.6) is 0 Å². The standard InChI is InChI=1S/C17H21N3/c1-3-13-5-2-8-18-17(13)14(4-1)11-19-16-7-10-20-9-6-15(16)12-20/h1-5,8,15-16,19H,6-7,9-12H2. The first kappa shape index (κ1) is 12.3. The highest BCUT2D eigenvalue weighted by Crippen LogP contribution is 2.27. The van der Waals surface area contributed by atoms with Crippen LogP contribution in [0.1, 0.15) is 18.4 Å². The van der Waals surface area contributed by atoms with Crippen molar-refractivity contribution in [3.8, 4) is 0 Å². The number of aromatic nitrogens is 1. The molecule has 2 fully saturated rings. The lowest BCUT2D eigenvalue weighted by Gasteiger charge is -2.31. The summed E-state index contributed by atoms with van der Waals surface area (Å²) in [7, 11) is 0. The number of hydrogen-bond acceptors (Lipinski definition) is 3. The minimum Gasteiger partial charge on any atom is -0.309 e. The minimum atomic E-state index is 0.688. The first-order valence-corrected chi connectivity index (χ1v) is 7.68. The third-order valence-corrected chi connectivity index (χ3v) is 4.91. The number of pyridine rings is 1. The predicted molar refractivity (Wildman–Crippen MR) is 81.5 cm³/mol. The third-order valence-electron chi connectivity index (χ3n) is 4.91. The highest BCUT2D eigenvalue weighted by Gasteiger charge is 2.33. The van der Waals surface area contributed by atoms with Crippen molar-refractivity contribution in [3.63, 3.8) is 0 Å². The zero-order chi connectivity index (χ0) is 13.4. The van der Waals surface area contributed by atoms with Crippen LogP contribution in [-0.2, 0) is 6.54 Å². The van der Waals surface area contributed by atoms with Crippen molar-refractivity contribution in [2.24, 2.45) is 5.92 Å². The monoisotopic (exact) mass is 267 g/mol. The molecule has 0 radical (unpaired) electrons. The van der Waals surface area contributed by atoms with E-state index in [9.17, 15) is 0 Å². The van der Waals surface area contributed by atoms with E-state index in [2.05, 4.69) is 39.5 Å². The van der Waals surface area contributed by atoms with E-state index in [4.69, 9.17) is 0 Å². The van der Waals surface area contributed by atoms with Crippen molar-refractivity contribution >= 4 is 10.9 Å². The van der Waals surface area contributed by atoms with E-state index in [0.717, 1.165) is 18.0 Å². The second-order valence-corrected chi connectivity index (χ2v) is 6.12. The second-order valence-electron chi connectivity index (χ2n) is 6.12. The van der Waals surface area contributed by atoms with Crippen LogP contribution in [0.25, 0.3) is 10.9 Å². The largest absolute Gasteiger partial charge is 0.309 e. The molecule has 0 spiro atoms. The van der Waals surface area contributed by atoms with Gasteiger partial charge in [0, 0.05) is 30.7 Å². The fourth-order valence-corrected chi connectivity index (χ4v) is 3.77. The normalized spacial score (nSPS) is 28.9. The number of nitrogens with one attached hydrogen (secondary N) is 1. The molecule has 1 N–H and O–H groups in total. The van der Waals surface area contributed by atoms with Crippen LogP contribution in [0.2, 0.25) is 0 Å². The number of fused-ring (bicyclic) bond motifs is 3. The van der Waals surface area contributed by atoms with Gasteiger partial charge in [0.05, 0.1) is 5.52 Å². The zero-order valence-corrected chi connectivity index (χ0v) is 11.8. The molecule has 3 atom stereocenters. The molecule has 1 aromatic heterocycles. The van der Waals surface area contributed by atoms with Gasteiger partial charge in [-0.3, -0.25) is 4.98 Å². The topological polar surface area (TPSA) is 28.2 Å². The average molecular weight is 267 g/mol. The Morgan fingerprint density at radius 2 is 2.05 bits per heavy atom. The molecule has 2 saturated heterocycles. The van der Waals surface area contributed by atoms with E-state index < -0.39 is 0 Å². The van der Waals surface area contributed by atoms with Gasteiger partial charge in [0.25, 0.3) is 0 Å². The summed E-state index contributed by atoms with van der Waals surface area (Å²) in [5, 5.41) is 5.03. The van der Waals surface area contributed by atoms with Crippen LogP contribution in [0.15, 0.2) is 36.5 Å². The lowest BCUT2D eigenvalue weighted by atomic mass is 9.94. The van der Waals surface area contributed by atoms with E-state index in [1.807, 2.05) is 12.3 Å². The van der Waals surface area contributed by atoms with Gasteiger partial charge in [-0.1, -0.05) is 24.3 Å². The van der Waals surface area contributed by atoms with E-state index in [0.29, 0.717) is 6.04 Å². The first-order chi connectivity index (χ1) is 9.90. The van der Waals surface area contributed by atoms with Crippen molar-refractivity contribution in [2.45, 2.75) is 25.4 Å². The summed E-state index contributed by atoms with van der Waals surface area (Å²) in [4.78, 5) is 7.14. The first-order valence-electron chi connectivity index (χ1n) is 7.68. The van der Waals surface area contributed by atoms with Gasteiger partial charge in [-0.25, -0.2) is 0 Å². The molecule has 3 nitrogen and oxygen atoms in total. The molecule has 2 aliphatic heterocycles. The van der Waals surface area contributed by atoms with Gasteiger partial charge in [-0.2, -0.15) is 0 Å². The summed E-state index contributed by atoms with van der Waals surface area (Å²) in [5.41, 5.74) is 2.47. The highest BCUT2D eigenvalue weighted by molar-refractivity contribution is 5.81. The number of hydrogen-bond donors (Lipinski definition) is 1. The van der Waals surface area contributed by atoms with Crippen molar-refractivity contribution in [1.29, 1.82) is 0 Å². The maximum Gasteiger partial charge on any atom is 0.0746 e. The molecule has 0 aliphatic carbocycles. The van der Waals surface area contributed by atoms with Gasteiger partial charge in [-0.05, 0) is 43.5 Å². The maximum atomic E-state index is 4.54. The van der Waals surface area contributed by atoms with E-state index in [1.54, 1.807) is 0 Å². The van der Waals surface area contributed by atoms with Crippen LogP contribution < -0.4 is 5.32 Å². The van der Waals surface area contributed by atoms with Gasteiger partial charge >= 0.3 is 0 Å². The quantitative estimate of drug-likeness (QED) is 0.925. The summed E-state index contributed by atoms with van der Waals surface area (Å²) in [6.45, 7) is 4.81. The fourth-order valence-electron chi connectivity index (χ4n) is 3.77. The molecule has 3 heteroatoms. The smallest absolute Gasteiger partial charge is 0.0746 e. The summed E-state index contributed by atoms with van der Waals surface area (Å²) < 4.78 is 0. The number of piperidine rings is 1. The van der Waals surface area contributed by atoms with Crippen molar-refractivity contribution in [3.05, 3.63) is 42.1 Å². The molecule has 1 aromatic carbocycles. The Labute approximate surface area is 120 Å². The Morgan fingerprint density at radius 1 is 1.15 bits per heavy atom. The molecule has 104 valence electrons. The second kappa shape index (κ2) is 5.15. The zero-order valence-electron chi connectivity index (χ0n) is 11.8. The molecule has 3 heterocycles. The molecule has 20 heavy (non-hydrogen) atoms. The summed E-state index contributed by atoms with van der Waals surface area (Å²) >= 11 is 0. The Hall–Kier alpha value is -1.45. The summed E-state index contributed by atoms with van der Waals surface area (Å²) in [5.74, 6) is 0.853. The van der Waals surface area contributed by atoms with Gasteiger partial charge in [0.2, 0.25) is 0 Å². The van der Waals surface area contributed by atoms with E-state index in [1.165, 1.54) is 43.4 Å². The van der Waals surface area contributed by atoms with Crippen molar-refractivity contribution in [2.75, 3.05) is 19.6 Å². The predicted octanol–water partition coefficient (Wildman–Crippen LogP) is 2.42. The molecular weight excluding hydrogens is 246 g/mol. The molecule has 0 amide bonds. The molecule has 2 bridgehead atoms. The number of rotatable bonds is 3. The molecule has 3 unspecified atom stereocenters. The van der Waals surface area contributed by atoms with Gasteiger partial charge in [-0.15, -0.1) is 0 Å². The molecule has 0 saturated carbocycles. The maximum absolute atomic E-state index is 4.54. The lowest BCUT2D eigenvalue weighted by molar-refractivity contribution is 0.220. The highest BCUT2D eigenvalue weighted by atomic mass is 15.2. The number of benzene rings is 1. The Bertz CT molecular complexity index is 605. The average Bonchev–Trinajstić information content (AvgIpc) is 2.89. The molecule has 4 rings (SSSR count). The SMILES string of the molecule is c1cnc2c(CNC3CCN4CCC3C4)cccc2c1. The summed E-state index contributed by atoms with van der Waals surface area (Å²) in [6.07, 6.45) is 4.55. The minimum absolute atomic E-state index is 0.688. The number of nitrogens with zero attached hydrogens (tertiary/aromatic N) is 2. The van der Waals surface area contributed by atoms with Crippen molar-refractivity contribution < 1.29 is 0 Å². The molecule has 2 aromatic rings. The van der Waals surface area contributed by atoms with Crippen LogP contribution in [0.3, 0.4) is 0 Å². The summed E-state index contributed by atoms with van der Waals surface area (Å²) in [6, 6.07) is 11.3. The Morgan fingerprint density at radius 3 is 3.05 bits per heavy atom. The van der Waals surface area contributed by atoms with Gasteiger partial charge in [0.1, 0.15) is 0 Å². The molecule has 2 aliphatic rings. The lowest BCUT2D eigenvalue weighted by Crippen LogP contribution is -2.43. The van der Waals surface area contributed by atoms with Crippen molar-refractivity contribution in [1.82, 2.24) is 15.2 Å². The third kappa shape index (κ3) is 2.21. The molecular formula is C17H21N3. The Balaban J connectivity index is 1.50. The van der Waals surface area contributed by atoms with Crippen LogP contribution in [0.4, 0.5) is 0 Å². The van der Waals surface area contributed by atoms with Crippen LogP contribution in [0, 0.1) is 5.92 Å². The number of para-hydroxylation sites is 1. The van der Waals surface area contributed by atoms with Gasteiger partial charge in [0.15, 0.2) is 0 Å².